The third-order valence-corrected chi connectivity index (χ3v) is 5.07. The molecule has 2 heterocycles. The van der Waals surface area contributed by atoms with E-state index in [1.807, 2.05) is 47.8 Å². The van der Waals surface area contributed by atoms with Gasteiger partial charge in [0.1, 0.15) is 0 Å². The van der Waals surface area contributed by atoms with Crippen molar-refractivity contribution in [2.75, 3.05) is 17.2 Å². The third kappa shape index (κ3) is 4.70. The summed E-state index contributed by atoms with van der Waals surface area (Å²) in [4.78, 5) is 26.1. The minimum atomic E-state index is -0.455. The number of aromatic nitrogens is 2. The molecule has 9 heteroatoms. The van der Waals surface area contributed by atoms with Crippen LogP contribution in [0.4, 0.5) is 5.69 Å². The second-order valence-corrected chi connectivity index (χ2v) is 7.11. The van der Waals surface area contributed by atoms with E-state index in [1.54, 1.807) is 0 Å². The average molecular weight is 388 g/mol. The van der Waals surface area contributed by atoms with Gasteiger partial charge in [-0.05, 0) is 23.6 Å². The topological polar surface area (TPSA) is 102 Å². The maximum atomic E-state index is 12.6. The van der Waals surface area contributed by atoms with Crippen LogP contribution in [-0.2, 0) is 9.59 Å². The Morgan fingerprint density at radius 1 is 1.15 bits per heavy atom. The molecule has 0 radical (unpaired) electrons. The van der Waals surface area contributed by atoms with Crippen LogP contribution < -0.4 is 10.6 Å². The van der Waals surface area contributed by atoms with Gasteiger partial charge in [-0.3, -0.25) is 9.59 Å². The first kappa shape index (κ1) is 18.2. The summed E-state index contributed by atoms with van der Waals surface area (Å²) in [6.45, 7) is 0.225. The summed E-state index contributed by atoms with van der Waals surface area (Å²) in [5, 5.41) is 10.2. The van der Waals surface area contributed by atoms with Crippen LogP contribution in [0.3, 0.4) is 0 Å². The Kier molecular flexibility index (Phi) is 6.03. The second kappa shape index (κ2) is 8.63. The van der Waals surface area contributed by atoms with Crippen LogP contribution in [0.5, 0.6) is 0 Å². The highest BCUT2D eigenvalue weighted by molar-refractivity contribution is 7.99. The van der Waals surface area contributed by atoms with Crippen LogP contribution in [-0.4, -0.2) is 34.3 Å². The van der Waals surface area contributed by atoms with Gasteiger partial charge in [-0.1, -0.05) is 36.0 Å². The summed E-state index contributed by atoms with van der Waals surface area (Å²) in [6.07, 6.45) is 0.0917. The zero-order chi connectivity index (χ0) is 18.4. The SMILES string of the molecule is NC(=O)CCN(C(=O)CSc1nnc(-c2cccs2)o1)c1ccccc1. The van der Waals surface area contributed by atoms with E-state index in [2.05, 4.69) is 10.2 Å². The van der Waals surface area contributed by atoms with E-state index >= 15 is 0 Å². The number of carbonyl (C=O) groups excluding carboxylic acids is 2. The summed E-state index contributed by atoms with van der Waals surface area (Å²) in [5.74, 6) is -0.0782. The molecule has 0 aliphatic rings. The molecular formula is C17H16N4O3S2. The second-order valence-electron chi connectivity index (χ2n) is 5.24. The first-order valence-electron chi connectivity index (χ1n) is 7.77. The van der Waals surface area contributed by atoms with Crippen molar-refractivity contribution in [1.82, 2.24) is 10.2 Å². The molecule has 0 spiro atoms. The van der Waals surface area contributed by atoms with Crippen LogP contribution in [0, 0.1) is 0 Å². The van der Waals surface area contributed by atoms with Crippen LogP contribution in [0.25, 0.3) is 10.8 Å². The molecule has 26 heavy (non-hydrogen) atoms. The van der Waals surface area contributed by atoms with Gasteiger partial charge in [-0.15, -0.1) is 21.5 Å². The van der Waals surface area contributed by atoms with E-state index in [0.29, 0.717) is 16.8 Å². The monoisotopic (exact) mass is 388 g/mol. The van der Waals surface area contributed by atoms with Gasteiger partial charge < -0.3 is 15.1 Å². The number of amides is 2. The molecule has 2 amide bonds. The number of hydrogen-bond donors (Lipinski definition) is 1. The van der Waals surface area contributed by atoms with Crippen LogP contribution in [0.15, 0.2) is 57.5 Å². The number of hydrogen-bond acceptors (Lipinski definition) is 7. The van der Waals surface area contributed by atoms with Crippen LogP contribution >= 0.6 is 23.1 Å². The summed E-state index contributed by atoms with van der Waals surface area (Å²) >= 11 is 2.66. The van der Waals surface area contributed by atoms with Gasteiger partial charge in [-0.2, -0.15) is 0 Å². The van der Waals surface area contributed by atoms with Gasteiger partial charge in [-0.25, -0.2) is 0 Å². The molecule has 0 unspecified atom stereocenters. The Bertz CT molecular complexity index is 865. The van der Waals surface area contributed by atoms with Crippen molar-refractivity contribution >= 4 is 40.6 Å². The molecule has 0 aliphatic heterocycles. The van der Waals surface area contributed by atoms with E-state index in [-0.39, 0.29) is 24.6 Å². The van der Waals surface area contributed by atoms with E-state index < -0.39 is 5.91 Å². The van der Waals surface area contributed by atoms with Crippen molar-refractivity contribution in [3.8, 4) is 10.8 Å². The molecule has 2 N–H and O–H groups in total. The van der Waals surface area contributed by atoms with Crippen LogP contribution in [0.2, 0.25) is 0 Å². The number of rotatable bonds is 8. The number of nitrogens with zero attached hydrogens (tertiary/aromatic N) is 3. The summed E-state index contributed by atoms with van der Waals surface area (Å²) in [6, 6.07) is 12.9. The molecule has 0 saturated heterocycles. The average Bonchev–Trinajstić information content (AvgIpc) is 3.32. The van der Waals surface area contributed by atoms with Crippen molar-refractivity contribution in [2.24, 2.45) is 5.73 Å². The third-order valence-electron chi connectivity index (χ3n) is 3.41. The number of carbonyl (C=O) groups is 2. The lowest BCUT2D eigenvalue weighted by Crippen LogP contribution is -2.35. The first-order chi connectivity index (χ1) is 12.6. The van der Waals surface area contributed by atoms with Crippen molar-refractivity contribution < 1.29 is 14.0 Å². The number of anilines is 1. The molecule has 3 aromatic rings. The zero-order valence-electron chi connectivity index (χ0n) is 13.7. The lowest BCUT2D eigenvalue weighted by atomic mass is 10.2. The molecule has 0 bridgehead atoms. The molecule has 0 saturated carbocycles. The number of nitrogens with two attached hydrogens (primary N) is 1. The fourth-order valence-corrected chi connectivity index (χ4v) is 3.48. The minimum absolute atomic E-state index is 0.0917. The van der Waals surface area contributed by atoms with E-state index in [4.69, 9.17) is 10.2 Å². The predicted molar refractivity (Wildman–Crippen MR) is 101 cm³/mol. The Hall–Kier alpha value is -2.65. The number of thiophene rings is 1. The highest BCUT2D eigenvalue weighted by atomic mass is 32.2. The molecule has 3 rings (SSSR count). The highest BCUT2D eigenvalue weighted by Gasteiger charge is 2.18. The fourth-order valence-electron chi connectivity index (χ4n) is 2.20. The van der Waals surface area contributed by atoms with E-state index in [1.165, 1.54) is 16.2 Å². The molecule has 2 aromatic heterocycles. The molecule has 0 atom stereocenters. The normalized spacial score (nSPS) is 10.6. The van der Waals surface area contributed by atoms with Crippen molar-refractivity contribution in [3.63, 3.8) is 0 Å². The van der Waals surface area contributed by atoms with Gasteiger partial charge >= 0.3 is 0 Å². The van der Waals surface area contributed by atoms with Gasteiger partial charge in [0.05, 0.1) is 10.6 Å². The van der Waals surface area contributed by atoms with Crippen molar-refractivity contribution in [2.45, 2.75) is 11.6 Å². The summed E-state index contributed by atoms with van der Waals surface area (Å²) in [5.41, 5.74) is 5.93. The molecule has 134 valence electrons. The Balaban J connectivity index is 1.65. The highest BCUT2D eigenvalue weighted by Crippen LogP contribution is 2.27. The summed E-state index contributed by atoms with van der Waals surface area (Å²) in [7, 11) is 0. The molecule has 0 aliphatic carbocycles. The van der Waals surface area contributed by atoms with Crippen molar-refractivity contribution in [1.29, 1.82) is 0 Å². The van der Waals surface area contributed by atoms with Gasteiger partial charge in [0.2, 0.25) is 11.8 Å². The molecule has 7 nitrogen and oxygen atoms in total. The number of primary amides is 1. The largest absolute Gasteiger partial charge is 0.410 e. The fraction of sp³-hybridized carbons (Fsp3) is 0.176. The first-order valence-corrected chi connectivity index (χ1v) is 9.64. The van der Waals surface area contributed by atoms with Crippen LogP contribution in [0.1, 0.15) is 6.42 Å². The Morgan fingerprint density at radius 3 is 2.65 bits per heavy atom. The van der Waals surface area contributed by atoms with E-state index in [9.17, 15) is 9.59 Å². The van der Waals surface area contributed by atoms with Gasteiger partial charge in [0.15, 0.2) is 0 Å². The number of thioether (sulfide) groups is 1. The molecular weight excluding hydrogens is 372 g/mol. The quantitative estimate of drug-likeness (QED) is 0.595. The molecule has 0 fully saturated rings. The lowest BCUT2D eigenvalue weighted by molar-refractivity contribution is -0.118. The maximum Gasteiger partial charge on any atom is 0.277 e. The number of benzene rings is 1. The van der Waals surface area contributed by atoms with E-state index in [0.717, 1.165) is 16.6 Å². The van der Waals surface area contributed by atoms with Gasteiger partial charge in [0.25, 0.3) is 11.1 Å². The molecule has 1 aromatic carbocycles. The lowest BCUT2D eigenvalue weighted by Gasteiger charge is -2.21. The predicted octanol–water partition coefficient (Wildman–Crippen LogP) is 2.80. The Morgan fingerprint density at radius 2 is 1.96 bits per heavy atom. The minimum Gasteiger partial charge on any atom is -0.410 e. The summed E-state index contributed by atoms with van der Waals surface area (Å²) < 4.78 is 5.57. The Labute approximate surface area is 158 Å². The smallest absolute Gasteiger partial charge is 0.277 e. The zero-order valence-corrected chi connectivity index (χ0v) is 15.3. The van der Waals surface area contributed by atoms with Gasteiger partial charge in [0, 0.05) is 18.7 Å². The van der Waals surface area contributed by atoms with Crippen molar-refractivity contribution in [3.05, 3.63) is 47.8 Å². The standard InChI is InChI=1S/C17H16N4O3S2/c18-14(22)8-9-21(12-5-2-1-3-6-12)15(23)11-26-17-20-19-16(24-17)13-7-4-10-25-13/h1-7,10H,8-9,11H2,(H2,18,22). The number of para-hydroxylation sites is 1. The maximum absolute atomic E-state index is 12.6.